The van der Waals surface area contributed by atoms with Crippen molar-refractivity contribution in [2.45, 2.75) is 13.8 Å². The van der Waals surface area contributed by atoms with Gasteiger partial charge in [-0.15, -0.1) is 0 Å². The minimum atomic E-state index is 0.530. The maximum absolute atomic E-state index is 5.68. The molecule has 0 spiro atoms. The van der Waals surface area contributed by atoms with E-state index in [1.54, 1.807) is 18.3 Å². The first-order chi connectivity index (χ1) is 7.66. The van der Waals surface area contributed by atoms with Gasteiger partial charge in [-0.05, 0) is 32.0 Å². The second-order valence-electron chi connectivity index (χ2n) is 3.51. The van der Waals surface area contributed by atoms with Crippen molar-refractivity contribution in [1.82, 2.24) is 9.97 Å². The van der Waals surface area contributed by atoms with Crippen LogP contribution in [0.5, 0.6) is 11.6 Å². The van der Waals surface area contributed by atoms with Gasteiger partial charge in [-0.2, -0.15) is 0 Å². The Morgan fingerprint density at radius 1 is 1.12 bits per heavy atom. The van der Waals surface area contributed by atoms with Crippen LogP contribution in [0.25, 0.3) is 0 Å². The Morgan fingerprint density at radius 3 is 2.62 bits per heavy atom. The molecule has 0 amide bonds. The fraction of sp³-hybridized carbons (Fsp3) is 0.167. The zero-order chi connectivity index (χ0) is 11.5. The lowest BCUT2D eigenvalue weighted by atomic mass is 10.3. The number of hydrogen-bond donors (Lipinski definition) is 1. The van der Waals surface area contributed by atoms with Crippen LogP contribution in [-0.4, -0.2) is 9.97 Å². The molecule has 0 atom stereocenters. The van der Waals surface area contributed by atoms with Gasteiger partial charge in [0.25, 0.3) is 0 Å². The van der Waals surface area contributed by atoms with Crippen LogP contribution in [0.15, 0.2) is 30.5 Å². The summed E-state index contributed by atoms with van der Waals surface area (Å²) < 4.78 is 5.62. The zero-order valence-electron chi connectivity index (χ0n) is 9.27. The molecule has 0 radical (unpaired) electrons. The Morgan fingerprint density at radius 2 is 1.94 bits per heavy atom. The summed E-state index contributed by atoms with van der Waals surface area (Å²) in [5.41, 5.74) is 7.94. The molecule has 0 aliphatic rings. The topological polar surface area (TPSA) is 61.0 Å². The van der Waals surface area contributed by atoms with E-state index in [0.29, 0.717) is 17.3 Å². The molecule has 0 bridgehead atoms. The van der Waals surface area contributed by atoms with Crippen molar-refractivity contribution in [3.8, 4) is 11.6 Å². The molecule has 0 aliphatic heterocycles. The number of nitrogen functional groups attached to an aromatic ring is 1. The minimum Gasteiger partial charge on any atom is -0.437 e. The van der Waals surface area contributed by atoms with Crippen LogP contribution in [0.1, 0.15) is 11.4 Å². The van der Waals surface area contributed by atoms with E-state index in [1.165, 1.54) is 0 Å². The van der Waals surface area contributed by atoms with E-state index in [9.17, 15) is 0 Å². The Labute approximate surface area is 94.1 Å². The molecule has 0 aliphatic carbocycles. The van der Waals surface area contributed by atoms with Crippen molar-refractivity contribution < 1.29 is 4.74 Å². The molecule has 16 heavy (non-hydrogen) atoms. The maximum atomic E-state index is 5.68. The van der Waals surface area contributed by atoms with Crippen molar-refractivity contribution in [3.05, 3.63) is 41.9 Å². The first kappa shape index (κ1) is 10.4. The number of nitrogens with zero attached hydrogens (tertiary/aromatic N) is 2. The lowest BCUT2D eigenvalue weighted by Crippen LogP contribution is -1.96. The Balaban J connectivity index is 2.28. The van der Waals surface area contributed by atoms with E-state index in [1.807, 2.05) is 26.0 Å². The number of ether oxygens (including phenoxy) is 1. The summed E-state index contributed by atoms with van der Waals surface area (Å²) in [4.78, 5) is 8.37. The molecule has 0 unspecified atom stereocenters. The highest BCUT2D eigenvalue weighted by Gasteiger charge is 2.03. The first-order valence-electron chi connectivity index (χ1n) is 4.99. The molecule has 2 N–H and O–H groups in total. The van der Waals surface area contributed by atoms with Gasteiger partial charge in [0.2, 0.25) is 5.88 Å². The third-order valence-electron chi connectivity index (χ3n) is 2.27. The first-order valence-corrected chi connectivity index (χ1v) is 4.99. The van der Waals surface area contributed by atoms with E-state index < -0.39 is 0 Å². The van der Waals surface area contributed by atoms with Gasteiger partial charge in [-0.1, -0.05) is 0 Å². The van der Waals surface area contributed by atoms with Crippen LogP contribution < -0.4 is 10.5 Å². The summed E-state index contributed by atoms with van der Waals surface area (Å²) in [6.45, 7) is 3.73. The molecule has 0 fully saturated rings. The van der Waals surface area contributed by atoms with Crippen molar-refractivity contribution in [2.75, 3.05) is 5.73 Å². The lowest BCUT2D eigenvalue weighted by Gasteiger charge is -2.07. The average molecular weight is 215 g/mol. The van der Waals surface area contributed by atoms with Crippen molar-refractivity contribution in [3.63, 3.8) is 0 Å². The summed E-state index contributed by atoms with van der Waals surface area (Å²) in [5.74, 6) is 1.24. The number of hydrogen-bond acceptors (Lipinski definition) is 4. The Bertz CT molecular complexity index is 511. The highest BCUT2D eigenvalue weighted by molar-refractivity contribution is 5.44. The van der Waals surface area contributed by atoms with E-state index >= 15 is 0 Å². The zero-order valence-corrected chi connectivity index (χ0v) is 9.27. The number of nitrogens with two attached hydrogens (primary N) is 1. The highest BCUT2D eigenvalue weighted by Crippen LogP contribution is 2.23. The maximum Gasteiger partial charge on any atom is 0.219 e. The Hall–Kier alpha value is -2.10. The fourth-order valence-electron chi connectivity index (χ4n) is 1.30. The van der Waals surface area contributed by atoms with E-state index in [4.69, 9.17) is 10.5 Å². The van der Waals surface area contributed by atoms with Gasteiger partial charge in [0.1, 0.15) is 0 Å². The molecule has 4 nitrogen and oxygen atoms in total. The minimum absolute atomic E-state index is 0.530. The van der Waals surface area contributed by atoms with Crippen LogP contribution in [0.3, 0.4) is 0 Å². The molecule has 2 aromatic rings. The fourth-order valence-corrected chi connectivity index (χ4v) is 1.30. The van der Waals surface area contributed by atoms with E-state index in [2.05, 4.69) is 9.97 Å². The van der Waals surface area contributed by atoms with Gasteiger partial charge < -0.3 is 10.5 Å². The number of rotatable bonds is 2. The van der Waals surface area contributed by atoms with E-state index in [-0.39, 0.29) is 0 Å². The Kier molecular flexibility index (Phi) is 2.72. The largest absolute Gasteiger partial charge is 0.437 e. The van der Waals surface area contributed by atoms with Crippen LogP contribution in [-0.2, 0) is 0 Å². The molecule has 2 rings (SSSR count). The molecule has 82 valence electrons. The van der Waals surface area contributed by atoms with Gasteiger partial charge in [0.05, 0.1) is 17.1 Å². The van der Waals surface area contributed by atoms with Crippen LogP contribution in [0, 0.1) is 13.8 Å². The summed E-state index contributed by atoms with van der Waals surface area (Å²) in [6, 6.07) is 7.21. The van der Waals surface area contributed by atoms with Crippen molar-refractivity contribution >= 4 is 5.69 Å². The monoisotopic (exact) mass is 215 g/mol. The molecular weight excluding hydrogens is 202 g/mol. The third-order valence-corrected chi connectivity index (χ3v) is 2.27. The molecular formula is C12H13N3O. The second-order valence-corrected chi connectivity index (χ2v) is 3.51. The summed E-state index contributed by atoms with van der Waals surface area (Å²) in [5, 5.41) is 0. The number of anilines is 1. The van der Waals surface area contributed by atoms with Gasteiger partial charge >= 0.3 is 0 Å². The molecule has 0 saturated heterocycles. The summed E-state index contributed by atoms with van der Waals surface area (Å²) >= 11 is 0. The van der Waals surface area contributed by atoms with Crippen LogP contribution in [0.2, 0.25) is 0 Å². The van der Waals surface area contributed by atoms with Gasteiger partial charge in [-0.3, -0.25) is 4.98 Å². The number of aromatic nitrogens is 2. The van der Waals surface area contributed by atoms with Gasteiger partial charge in [-0.25, -0.2) is 4.98 Å². The molecule has 4 heteroatoms. The second kappa shape index (κ2) is 4.18. The van der Waals surface area contributed by atoms with Crippen molar-refractivity contribution in [1.29, 1.82) is 0 Å². The highest BCUT2D eigenvalue weighted by atomic mass is 16.5. The third kappa shape index (κ3) is 2.11. The van der Waals surface area contributed by atoms with Gasteiger partial charge in [0.15, 0.2) is 5.75 Å². The standard InChI is InChI=1S/C12H13N3O/c1-8-10(13)5-6-12(15-8)16-11-4-3-7-14-9(11)2/h3-7H,13H2,1-2H3. The van der Waals surface area contributed by atoms with Crippen LogP contribution in [0.4, 0.5) is 5.69 Å². The number of aryl methyl sites for hydroxylation is 2. The summed E-state index contributed by atoms with van der Waals surface area (Å²) in [7, 11) is 0. The molecule has 2 aromatic heterocycles. The molecule has 2 heterocycles. The molecule has 0 aromatic carbocycles. The molecule has 0 saturated carbocycles. The van der Waals surface area contributed by atoms with Crippen molar-refractivity contribution in [2.24, 2.45) is 0 Å². The quantitative estimate of drug-likeness (QED) is 0.835. The normalized spacial score (nSPS) is 10.1. The van der Waals surface area contributed by atoms with Gasteiger partial charge in [0, 0.05) is 12.3 Å². The SMILES string of the molecule is Cc1nc(Oc2cccnc2C)ccc1N. The summed E-state index contributed by atoms with van der Waals surface area (Å²) in [6.07, 6.45) is 1.73. The predicted octanol–water partition coefficient (Wildman–Crippen LogP) is 2.47. The lowest BCUT2D eigenvalue weighted by molar-refractivity contribution is 0.455. The van der Waals surface area contributed by atoms with E-state index in [0.717, 1.165) is 11.4 Å². The number of pyridine rings is 2. The smallest absolute Gasteiger partial charge is 0.219 e. The van der Waals surface area contributed by atoms with Crippen LogP contribution >= 0.6 is 0 Å². The average Bonchev–Trinajstić information content (AvgIpc) is 2.27. The predicted molar refractivity (Wildman–Crippen MR) is 62.4 cm³/mol.